The van der Waals surface area contributed by atoms with Crippen molar-refractivity contribution < 1.29 is 23.8 Å². The summed E-state index contributed by atoms with van der Waals surface area (Å²) >= 11 is 0. The molecule has 0 saturated carbocycles. The van der Waals surface area contributed by atoms with Gasteiger partial charge in [-0.05, 0) is 29.7 Å². The lowest BCUT2D eigenvalue weighted by molar-refractivity contribution is -0.141. The van der Waals surface area contributed by atoms with E-state index < -0.39 is 0 Å². The van der Waals surface area contributed by atoms with E-state index in [2.05, 4.69) is 0 Å². The average molecular weight is 371 g/mol. The summed E-state index contributed by atoms with van der Waals surface area (Å²) in [5.41, 5.74) is 1.77. The van der Waals surface area contributed by atoms with Gasteiger partial charge < -0.3 is 14.2 Å². The van der Waals surface area contributed by atoms with Gasteiger partial charge in [0.1, 0.15) is 0 Å². The lowest BCUT2D eigenvalue weighted by Crippen LogP contribution is -2.44. The number of ether oxygens (including phenoxy) is 3. The molecule has 0 aromatic heterocycles. The summed E-state index contributed by atoms with van der Waals surface area (Å²) in [7, 11) is 4.64. The second-order valence-electron chi connectivity index (χ2n) is 6.07. The highest BCUT2D eigenvalue weighted by atomic mass is 16.5. The lowest BCUT2D eigenvalue weighted by atomic mass is 10.0. The number of carbonyl (C=O) groups is 2. The van der Waals surface area contributed by atoms with Crippen molar-refractivity contribution in [3.63, 3.8) is 0 Å². The van der Waals surface area contributed by atoms with Gasteiger partial charge in [0.25, 0.3) is 0 Å². The van der Waals surface area contributed by atoms with Crippen molar-refractivity contribution in [2.75, 3.05) is 27.9 Å². The van der Waals surface area contributed by atoms with Crippen LogP contribution >= 0.6 is 0 Å². The van der Waals surface area contributed by atoms with E-state index in [-0.39, 0.29) is 25.0 Å². The fraction of sp³-hybridized carbons (Fsp3) is 0.333. The molecule has 2 aromatic rings. The zero-order valence-electron chi connectivity index (χ0n) is 15.9. The zero-order chi connectivity index (χ0) is 19.6. The molecule has 144 valence electrons. The predicted octanol–water partition coefficient (Wildman–Crippen LogP) is 2.49. The highest BCUT2D eigenvalue weighted by Gasteiger charge is 2.24. The van der Waals surface area contributed by atoms with E-state index >= 15 is 0 Å². The van der Waals surface area contributed by atoms with Crippen LogP contribution < -0.4 is 9.47 Å². The lowest BCUT2D eigenvalue weighted by Gasteiger charge is -2.26. The molecule has 0 N–H and O–H groups in total. The quantitative estimate of drug-likeness (QED) is 0.601. The van der Waals surface area contributed by atoms with Crippen molar-refractivity contribution in [2.24, 2.45) is 0 Å². The molecule has 0 saturated heterocycles. The Morgan fingerprint density at radius 1 is 1.00 bits per heavy atom. The molecule has 0 bridgehead atoms. The molecule has 0 fully saturated rings. The van der Waals surface area contributed by atoms with E-state index in [0.29, 0.717) is 24.3 Å². The molecule has 0 heterocycles. The smallest absolute Gasteiger partial charge is 0.233 e. The van der Waals surface area contributed by atoms with Gasteiger partial charge >= 0.3 is 0 Å². The minimum absolute atomic E-state index is 0.0775. The third-order valence-corrected chi connectivity index (χ3v) is 4.27. The Morgan fingerprint density at radius 2 is 1.70 bits per heavy atom. The number of methoxy groups -OCH3 is 3. The van der Waals surface area contributed by atoms with Crippen LogP contribution in [-0.2, 0) is 27.2 Å². The topological polar surface area (TPSA) is 65.1 Å². The maximum absolute atomic E-state index is 12.8. The maximum Gasteiger partial charge on any atom is 0.233 e. The predicted molar refractivity (Wildman–Crippen MR) is 102 cm³/mol. The van der Waals surface area contributed by atoms with Crippen LogP contribution in [0.3, 0.4) is 0 Å². The molecule has 0 aliphatic carbocycles. The molecule has 6 heteroatoms. The van der Waals surface area contributed by atoms with Gasteiger partial charge in [-0.25, -0.2) is 0 Å². The van der Waals surface area contributed by atoms with Crippen LogP contribution in [0.5, 0.6) is 11.5 Å². The number of hydrogen-bond donors (Lipinski definition) is 0. The van der Waals surface area contributed by atoms with Gasteiger partial charge in [0.2, 0.25) is 12.3 Å². The normalized spacial score (nSPS) is 11.5. The maximum atomic E-state index is 12.8. The van der Waals surface area contributed by atoms with Crippen molar-refractivity contribution in [3.8, 4) is 11.5 Å². The molecular weight excluding hydrogens is 346 g/mol. The monoisotopic (exact) mass is 371 g/mol. The Labute approximate surface area is 159 Å². The van der Waals surface area contributed by atoms with E-state index in [4.69, 9.17) is 14.2 Å². The number of benzene rings is 2. The summed E-state index contributed by atoms with van der Waals surface area (Å²) in [6.45, 7) is 0.269. The van der Waals surface area contributed by atoms with Crippen molar-refractivity contribution in [1.29, 1.82) is 0 Å². The molecule has 6 nitrogen and oxygen atoms in total. The van der Waals surface area contributed by atoms with Gasteiger partial charge in [0.05, 0.1) is 33.3 Å². The molecule has 2 amide bonds. The Bertz CT molecular complexity index is 747. The fourth-order valence-electron chi connectivity index (χ4n) is 2.92. The molecule has 0 unspecified atom stereocenters. The number of amides is 2. The second-order valence-corrected chi connectivity index (χ2v) is 6.07. The highest BCUT2D eigenvalue weighted by Crippen LogP contribution is 2.28. The van der Waals surface area contributed by atoms with Gasteiger partial charge in [-0.2, -0.15) is 0 Å². The zero-order valence-corrected chi connectivity index (χ0v) is 15.9. The third-order valence-electron chi connectivity index (χ3n) is 4.27. The first-order valence-corrected chi connectivity index (χ1v) is 8.63. The molecule has 0 radical (unpaired) electrons. The number of rotatable bonds is 10. The molecule has 0 aliphatic heterocycles. The Balaban J connectivity index is 2.16. The first kappa shape index (κ1) is 20.5. The highest BCUT2D eigenvalue weighted by molar-refractivity contribution is 5.88. The van der Waals surface area contributed by atoms with Crippen molar-refractivity contribution in [1.82, 2.24) is 4.90 Å². The van der Waals surface area contributed by atoms with Gasteiger partial charge in [-0.15, -0.1) is 0 Å². The van der Waals surface area contributed by atoms with Crippen LogP contribution in [-0.4, -0.2) is 51.2 Å². The van der Waals surface area contributed by atoms with Gasteiger partial charge in [0, 0.05) is 7.11 Å². The summed E-state index contributed by atoms with van der Waals surface area (Å²) in [5, 5.41) is 0. The van der Waals surface area contributed by atoms with E-state index in [0.717, 1.165) is 11.1 Å². The van der Waals surface area contributed by atoms with E-state index in [1.165, 1.54) is 12.0 Å². The van der Waals surface area contributed by atoms with Crippen molar-refractivity contribution >= 4 is 12.3 Å². The minimum Gasteiger partial charge on any atom is -0.493 e. The standard InChI is InChI=1S/C21H25NO5/c1-25-14-18(11-16-7-5-4-6-8-16)22(15-23)21(24)13-17-9-10-19(26-2)20(12-17)27-3/h4-10,12,15,18H,11,13-14H2,1-3H3/t18-/m0/s1. The second kappa shape index (κ2) is 10.3. The molecule has 27 heavy (non-hydrogen) atoms. The Kier molecular flexibility index (Phi) is 7.82. The largest absolute Gasteiger partial charge is 0.493 e. The number of hydrogen-bond acceptors (Lipinski definition) is 5. The molecule has 1 atom stereocenters. The molecule has 0 spiro atoms. The van der Waals surface area contributed by atoms with Crippen molar-refractivity contribution in [3.05, 3.63) is 59.7 Å². The molecular formula is C21H25NO5. The van der Waals surface area contributed by atoms with Gasteiger partial charge in [-0.3, -0.25) is 14.5 Å². The van der Waals surface area contributed by atoms with Crippen LogP contribution in [0.4, 0.5) is 0 Å². The Hall–Kier alpha value is -2.86. The average Bonchev–Trinajstić information content (AvgIpc) is 2.69. The van der Waals surface area contributed by atoms with Crippen LogP contribution in [0.25, 0.3) is 0 Å². The van der Waals surface area contributed by atoms with Crippen LogP contribution in [0, 0.1) is 0 Å². The van der Waals surface area contributed by atoms with Crippen LogP contribution in [0.15, 0.2) is 48.5 Å². The summed E-state index contributed by atoms with van der Waals surface area (Å²) < 4.78 is 15.7. The third kappa shape index (κ3) is 5.56. The summed E-state index contributed by atoms with van der Waals surface area (Å²) in [6.07, 6.45) is 1.19. The SMILES string of the molecule is COC[C@H](Cc1ccccc1)N(C=O)C(=O)Cc1ccc(OC)c(OC)c1. The first-order chi connectivity index (χ1) is 13.1. The number of imide groups is 1. The van der Waals surface area contributed by atoms with E-state index in [1.807, 2.05) is 30.3 Å². The Morgan fingerprint density at radius 3 is 2.30 bits per heavy atom. The summed E-state index contributed by atoms with van der Waals surface area (Å²) in [4.78, 5) is 25.7. The molecule has 2 rings (SSSR count). The number of carbonyl (C=O) groups excluding carboxylic acids is 2. The summed E-state index contributed by atoms with van der Waals surface area (Å²) in [5.74, 6) is 0.829. The van der Waals surface area contributed by atoms with Crippen LogP contribution in [0.1, 0.15) is 11.1 Å². The molecule has 2 aromatic carbocycles. The van der Waals surface area contributed by atoms with Crippen molar-refractivity contribution in [2.45, 2.75) is 18.9 Å². The fourth-order valence-corrected chi connectivity index (χ4v) is 2.92. The van der Waals surface area contributed by atoms with Gasteiger partial charge in [0.15, 0.2) is 11.5 Å². The van der Waals surface area contributed by atoms with E-state index in [1.54, 1.807) is 32.4 Å². The van der Waals surface area contributed by atoms with E-state index in [9.17, 15) is 9.59 Å². The van der Waals surface area contributed by atoms with Crippen LogP contribution in [0.2, 0.25) is 0 Å². The number of nitrogens with zero attached hydrogens (tertiary/aromatic N) is 1. The first-order valence-electron chi connectivity index (χ1n) is 8.63. The molecule has 0 aliphatic rings. The summed E-state index contributed by atoms with van der Waals surface area (Å²) in [6, 6.07) is 14.6. The van der Waals surface area contributed by atoms with Gasteiger partial charge in [-0.1, -0.05) is 36.4 Å². The minimum atomic E-state index is -0.373.